The molecule has 9 heteroatoms. The monoisotopic (exact) mass is 431 g/mol. The van der Waals surface area contributed by atoms with Gasteiger partial charge in [0.25, 0.3) is 5.91 Å². The molecule has 29 heavy (non-hydrogen) atoms. The number of H-pyrrole nitrogens is 1. The number of aromatic amines is 1. The van der Waals surface area contributed by atoms with Crippen molar-refractivity contribution in [2.75, 3.05) is 37.7 Å². The van der Waals surface area contributed by atoms with E-state index < -0.39 is 0 Å². The molecule has 0 unspecified atom stereocenters. The molecule has 7 nitrogen and oxygen atoms in total. The number of nitrogens with one attached hydrogen (secondary N) is 1. The predicted octanol–water partition coefficient (Wildman–Crippen LogP) is 3.30. The SMILES string of the molecule is O=C(c1ncc(N2CCOCC2)cn1)N1CCc2[nH]c3c(Cl)c(Cl)ccc3c2C1. The van der Waals surface area contributed by atoms with Gasteiger partial charge in [0, 0.05) is 49.2 Å². The molecule has 4 heterocycles. The third kappa shape index (κ3) is 3.33. The summed E-state index contributed by atoms with van der Waals surface area (Å²) in [5.74, 6) is 0.0463. The summed E-state index contributed by atoms with van der Waals surface area (Å²) >= 11 is 12.5. The second kappa shape index (κ2) is 7.48. The Bertz CT molecular complexity index is 1080. The first-order valence-electron chi connectivity index (χ1n) is 9.53. The maximum absolute atomic E-state index is 13.0. The van der Waals surface area contributed by atoms with Crippen LogP contribution in [0.3, 0.4) is 0 Å². The van der Waals surface area contributed by atoms with E-state index in [4.69, 9.17) is 27.9 Å². The van der Waals surface area contributed by atoms with Crippen molar-refractivity contribution in [3.05, 3.63) is 51.7 Å². The fraction of sp³-hybridized carbons (Fsp3) is 0.350. The van der Waals surface area contributed by atoms with Crippen molar-refractivity contribution in [1.82, 2.24) is 19.9 Å². The topological polar surface area (TPSA) is 74.4 Å². The number of hydrogen-bond donors (Lipinski definition) is 1. The minimum atomic E-state index is -0.168. The van der Waals surface area contributed by atoms with E-state index in [1.807, 2.05) is 6.07 Å². The molecular weight excluding hydrogens is 413 g/mol. The molecule has 0 radical (unpaired) electrons. The molecule has 0 spiro atoms. The van der Waals surface area contributed by atoms with Crippen LogP contribution in [0.25, 0.3) is 10.9 Å². The van der Waals surface area contributed by atoms with Crippen molar-refractivity contribution >= 4 is 45.7 Å². The van der Waals surface area contributed by atoms with Gasteiger partial charge in [-0.15, -0.1) is 0 Å². The van der Waals surface area contributed by atoms with Crippen LogP contribution >= 0.6 is 23.2 Å². The molecule has 2 aliphatic rings. The lowest BCUT2D eigenvalue weighted by Crippen LogP contribution is -2.37. The number of carbonyl (C=O) groups excluding carboxylic acids is 1. The van der Waals surface area contributed by atoms with Crippen molar-refractivity contribution in [1.29, 1.82) is 0 Å². The highest BCUT2D eigenvalue weighted by Gasteiger charge is 2.27. The van der Waals surface area contributed by atoms with Crippen LogP contribution in [-0.2, 0) is 17.7 Å². The number of nitrogens with zero attached hydrogens (tertiary/aromatic N) is 4. The van der Waals surface area contributed by atoms with Crippen molar-refractivity contribution in [2.45, 2.75) is 13.0 Å². The van der Waals surface area contributed by atoms with Crippen LogP contribution in [0.4, 0.5) is 5.69 Å². The summed E-state index contributed by atoms with van der Waals surface area (Å²) in [4.78, 5) is 29.0. The molecule has 5 rings (SSSR count). The summed E-state index contributed by atoms with van der Waals surface area (Å²) in [6.07, 6.45) is 4.15. The number of ether oxygens (including phenoxy) is 1. The average molecular weight is 432 g/mol. The number of halogens is 2. The van der Waals surface area contributed by atoms with Crippen LogP contribution < -0.4 is 4.90 Å². The van der Waals surface area contributed by atoms with Crippen molar-refractivity contribution < 1.29 is 9.53 Å². The van der Waals surface area contributed by atoms with Gasteiger partial charge in [0.2, 0.25) is 5.82 Å². The van der Waals surface area contributed by atoms with E-state index in [1.54, 1.807) is 23.4 Å². The van der Waals surface area contributed by atoms with E-state index in [0.29, 0.717) is 36.3 Å². The molecule has 150 valence electrons. The van der Waals surface area contributed by atoms with Crippen LogP contribution in [0.5, 0.6) is 0 Å². The fourth-order valence-electron chi connectivity index (χ4n) is 3.96. The largest absolute Gasteiger partial charge is 0.378 e. The second-order valence-electron chi connectivity index (χ2n) is 7.21. The zero-order valence-corrected chi connectivity index (χ0v) is 17.1. The molecule has 1 amide bonds. The van der Waals surface area contributed by atoms with Crippen LogP contribution in [0, 0.1) is 0 Å². The molecule has 0 saturated carbocycles. The Labute approximate surface area is 177 Å². The normalized spacial score (nSPS) is 16.9. The first-order chi connectivity index (χ1) is 14.1. The molecule has 1 saturated heterocycles. The summed E-state index contributed by atoms with van der Waals surface area (Å²) in [5, 5.41) is 2.02. The Kier molecular flexibility index (Phi) is 4.81. The molecular formula is C20H19Cl2N5O2. The van der Waals surface area contributed by atoms with Gasteiger partial charge >= 0.3 is 0 Å². The van der Waals surface area contributed by atoms with Gasteiger partial charge < -0.3 is 19.5 Å². The molecule has 0 aliphatic carbocycles. The summed E-state index contributed by atoms with van der Waals surface area (Å²) in [6.45, 7) is 4.07. The third-order valence-electron chi connectivity index (χ3n) is 5.53. The molecule has 2 aromatic heterocycles. The molecule has 0 bridgehead atoms. The predicted molar refractivity (Wildman–Crippen MR) is 112 cm³/mol. The van der Waals surface area contributed by atoms with Gasteiger partial charge in [0.15, 0.2) is 0 Å². The van der Waals surface area contributed by atoms with E-state index in [2.05, 4.69) is 19.9 Å². The first kappa shape index (κ1) is 18.7. The third-order valence-corrected chi connectivity index (χ3v) is 6.34. The van der Waals surface area contributed by atoms with Crippen molar-refractivity contribution in [3.63, 3.8) is 0 Å². The quantitative estimate of drug-likeness (QED) is 0.673. The molecule has 1 fully saturated rings. The zero-order chi connectivity index (χ0) is 20.0. The number of rotatable bonds is 2. The Hall–Kier alpha value is -2.35. The highest BCUT2D eigenvalue weighted by Crippen LogP contribution is 2.35. The summed E-state index contributed by atoms with van der Waals surface area (Å²) in [6, 6.07) is 3.73. The van der Waals surface area contributed by atoms with E-state index in [0.717, 1.165) is 47.4 Å². The van der Waals surface area contributed by atoms with E-state index in [9.17, 15) is 4.79 Å². The summed E-state index contributed by atoms with van der Waals surface area (Å²) in [7, 11) is 0. The van der Waals surface area contributed by atoms with E-state index in [-0.39, 0.29) is 11.7 Å². The minimum Gasteiger partial charge on any atom is -0.378 e. The number of carbonyl (C=O) groups is 1. The van der Waals surface area contributed by atoms with Gasteiger partial charge in [-0.1, -0.05) is 29.3 Å². The zero-order valence-electron chi connectivity index (χ0n) is 15.6. The molecule has 2 aliphatic heterocycles. The van der Waals surface area contributed by atoms with Gasteiger partial charge in [0.1, 0.15) is 0 Å². The minimum absolute atomic E-state index is 0.168. The van der Waals surface area contributed by atoms with E-state index >= 15 is 0 Å². The molecule has 1 N–H and O–H groups in total. The fourth-order valence-corrected chi connectivity index (χ4v) is 4.32. The second-order valence-corrected chi connectivity index (χ2v) is 7.99. The van der Waals surface area contributed by atoms with Crippen molar-refractivity contribution in [2.24, 2.45) is 0 Å². The van der Waals surface area contributed by atoms with E-state index in [1.165, 1.54) is 0 Å². The van der Waals surface area contributed by atoms with Crippen LogP contribution in [-0.4, -0.2) is 58.6 Å². The van der Waals surface area contributed by atoms with Gasteiger partial charge in [0.05, 0.1) is 46.9 Å². The van der Waals surface area contributed by atoms with Gasteiger partial charge in [-0.3, -0.25) is 4.79 Å². The number of hydrogen-bond acceptors (Lipinski definition) is 5. The number of anilines is 1. The smallest absolute Gasteiger partial charge is 0.291 e. The summed E-state index contributed by atoms with van der Waals surface area (Å²) in [5.41, 5.74) is 3.90. The Morgan fingerprint density at radius 2 is 1.86 bits per heavy atom. The first-order valence-corrected chi connectivity index (χ1v) is 10.3. The van der Waals surface area contributed by atoms with Crippen LogP contribution in [0.1, 0.15) is 21.9 Å². The van der Waals surface area contributed by atoms with Crippen LogP contribution in [0.2, 0.25) is 10.0 Å². The number of morpholine rings is 1. The van der Waals surface area contributed by atoms with Gasteiger partial charge in [-0.25, -0.2) is 9.97 Å². The maximum Gasteiger partial charge on any atom is 0.291 e. The lowest BCUT2D eigenvalue weighted by molar-refractivity contribution is 0.0722. The highest BCUT2D eigenvalue weighted by atomic mass is 35.5. The standard InChI is InChI=1S/C20H19Cl2N5O2/c21-15-2-1-13-14-11-27(4-3-16(14)25-18(13)17(15)22)20(28)19-23-9-12(10-24-19)26-5-7-29-8-6-26/h1-2,9-10,25H,3-8,11H2. The molecule has 3 aromatic rings. The highest BCUT2D eigenvalue weighted by molar-refractivity contribution is 6.45. The van der Waals surface area contributed by atoms with Crippen molar-refractivity contribution in [3.8, 4) is 0 Å². The summed E-state index contributed by atoms with van der Waals surface area (Å²) < 4.78 is 5.37. The Balaban J connectivity index is 1.37. The molecule has 0 atom stereocenters. The number of aromatic nitrogens is 3. The lowest BCUT2D eigenvalue weighted by Gasteiger charge is -2.29. The average Bonchev–Trinajstić information content (AvgIpc) is 3.15. The van der Waals surface area contributed by atoms with Crippen LogP contribution in [0.15, 0.2) is 24.5 Å². The number of benzene rings is 1. The Morgan fingerprint density at radius 3 is 2.62 bits per heavy atom. The number of fused-ring (bicyclic) bond motifs is 3. The Morgan fingerprint density at radius 1 is 1.10 bits per heavy atom. The molecule has 1 aromatic carbocycles. The lowest BCUT2D eigenvalue weighted by atomic mass is 10.0. The maximum atomic E-state index is 13.0. The number of amides is 1. The van der Waals surface area contributed by atoms with Gasteiger partial charge in [-0.05, 0) is 6.07 Å². The van der Waals surface area contributed by atoms with Gasteiger partial charge in [-0.2, -0.15) is 0 Å².